The first-order chi connectivity index (χ1) is 24.8. The lowest BCUT2D eigenvalue weighted by molar-refractivity contribution is 1.18. The zero-order chi connectivity index (χ0) is 32.8. The van der Waals surface area contributed by atoms with Crippen LogP contribution in [0.3, 0.4) is 0 Å². The van der Waals surface area contributed by atoms with E-state index in [4.69, 9.17) is 0 Å². The molecule has 50 heavy (non-hydrogen) atoms. The number of rotatable bonds is 3. The molecule has 0 N–H and O–H groups in total. The third-order valence-corrected chi connectivity index (χ3v) is 10.7. The third-order valence-electron chi connectivity index (χ3n) is 10.7. The number of hydrogen-bond acceptors (Lipinski definition) is 0. The van der Waals surface area contributed by atoms with Gasteiger partial charge in [-0.2, -0.15) is 0 Å². The van der Waals surface area contributed by atoms with E-state index >= 15 is 0 Å². The Kier molecular flexibility index (Phi) is 5.70. The minimum atomic E-state index is 1.17. The van der Waals surface area contributed by atoms with Gasteiger partial charge < -0.3 is 9.13 Å². The maximum Gasteiger partial charge on any atom is 0.0547 e. The fourth-order valence-corrected chi connectivity index (χ4v) is 8.46. The lowest BCUT2D eigenvalue weighted by atomic mass is 9.95. The van der Waals surface area contributed by atoms with Crippen LogP contribution in [0.2, 0.25) is 0 Å². The summed E-state index contributed by atoms with van der Waals surface area (Å²) in [6, 6.07) is 66.8. The van der Waals surface area contributed by atoms with Crippen molar-refractivity contribution >= 4 is 75.9 Å². The molecule has 9 aromatic carbocycles. The Morgan fingerprint density at radius 1 is 0.280 bits per heavy atom. The Morgan fingerprint density at radius 2 is 0.840 bits per heavy atom. The Bertz CT molecular complexity index is 3140. The summed E-state index contributed by atoms with van der Waals surface area (Å²) >= 11 is 0. The molecule has 11 rings (SSSR count). The zero-order valence-corrected chi connectivity index (χ0v) is 27.2. The van der Waals surface area contributed by atoms with E-state index < -0.39 is 0 Å². The van der Waals surface area contributed by atoms with Gasteiger partial charge in [-0.3, -0.25) is 0 Å². The minimum Gasteiger partial charge on any atom is -0.309 e. The summed E-state index contributed by atoms with van der Waals surface area (Å²) in [5.74, 6) is 0. The first kappa shape index (κ1) is 27.3. The van der Waals surface area contributed by atoms with E-state index in [0.717, 1.165) is 0 Å². The average molecular weight is 635 g/mol. The van der Waals surface area contributed by atoms with Crippen molar-refractivity contribution in [2.75, 3.05) is 0 Å². The van der Waals surface area contributed by atoms with Gasteiger partial charge in [0.05, 0.1) is 27.8 Å². The standard InChI is InChI=1S/C48H30N2/c1-2-13-35(14-3-1)49-43-20-10-8-16-37(43)40-26-24-33(29-46(40)49)32-25-27-45-42(28-32)39-18-9-11-21-44(39)50(45)47-30-34-23-22-31-12-4-5-15-36(31)48(34)41-19-7-6-17-38(41)47/h1-30H. The Hall–Kier alpha value is -6.64. The molecule has 2 nitrogen and oxygen atoms in total. The van der Waals surface area contributed by atoms with Crippen LogP contribution in [0.25, 0.3) is 98.4 Å². The van der Waals surface area contributed by atoms with E-state index in [0.29, 0.717) is 0 Å². The SMILES string of the molecule is c1ccc(-n2c3ccccc3c3ccc(-c4ccc5c(c4)c4ccccc4n5-c4cc5ccc6ccccc6c5c5ccccc45)cc32)cc1. The number of nitrogens with zero attached hydrogens (tertiary/aromatic N) is 2. The van der Waals surface area contributed by atoms with E-state index in [-0.39, 0.29) is 0 Å². The van der Waals surface area contributed by atoms with E-state index in [1.807, 2.05) is 0 Å². The van der Waals surface area contributed by atoms with Crippen molar-refractivity contribution < 1.29 is 0 Å². The Morgan fingerprint density at radius 3 is 1.66 bits per heavy atom. The normalized spacial score (nSPS) is 12.0. The van der Waals surface area contributed by atoms with Gasteiger partial charge >= 0.3 is 0 Å². The van der Waals surface area contributed by atoms with E-state index in [1.54, 1.807) is 0 Å². The summed E-state index contributed by atoms with van der Waals surface area (Å²) in [4.78, 5) is 0. The van der Waals surface area contributed by atoms with Crippen molar-refractivity contribution in [1.29, 1.82) is 0 Å². The van der Waals surface area contributed by atoms with Crippen LogP contribution in [0.4, 0.5) is 0 Å². The molecule has 2 aromatic heterocycles. The van der Waals surface area contributed by atoms with Crippen molar-refractivity contribution in [3.05, 3.63) is 182 Å². The first-order valence-corrected chi connectivity index (χ1v) is 17.3. The fourth-order valence-electron chi connectivity index (χ4n) is 8.46. The van der Waals surface area contributed by atoms with Crippen LogP contribution in [-0.2, 0) is 0 Å². The summed E-state index contributed by atoms with van der Waals surface area (Å²) in [5, 5.41) is 12.7. The number of para-hydroxylation sites is 3. The summed E-state index contributed by atoms with van der Waals surface area (Å²) in [6.45, 7) is 0. The fraction of sp³-hybridized carbons (Fsp3) is 0. The molecule has 2 heterocycles. The highest BCUT2D eigenvalue weighted by atomic mass is 15.0. The molecule has 0 saturated carbocycles. The molecule has 11 aromatic rings. The van der Waals surface area contributed by atoms with Gasteiger partial charge in [0, 0.05) is 32.6 Å². The monoisotopic (exact) mass is 634 g/mol. The Labute approximate surface area is 288 Å². The van der Waals surface area contributed by atoms with Gasteiger partial charge in [0.1, 0.15) is 0 Å². The van der Waals surface area contributed by atoms with Crippen LogP contribution in [0.1, 0.15) is 0 Å². The number of fused-ring (bicyclic) bond motifs is 11. The molecule has 0 unspecified atom stereocenters. The molecule has 0 aliphatic heterocycles. The molecule has 0 aliphatic carbocycles. The molecule has 232 valence electrons. The van der Waals surface area contributed by atoms with Crippen LogP contribution in [-0.4, -0.2) is 9.13 Å². The summed E-state index contributed by atoms with van der Waals surface area (Å²) in [7, 11) is 0. The maximum atomic E-state index is 2.47. The van der Waals surface area contributed by atoms with Crippen molar-refractivity contribution in [3.63, 3.8) is 0 Å². The van der Waals surface area contributed by atoms with Gasteiger partial charge in [-0.05, 0) is 86.6 Å². The molecule has 0 fully saturated rings. The molecule has 2 heteroatoms. The molecule has 0 spiro atoms. The molecule has 0 radical (unpaired) electrons. The van der Waals surface area contributed by atoms with Gasteiger partial charge in [0.25, 0.3) is 0 Å². The van der Waals surface area contributed by atoms with Gasteiger partial charge in [-0.25, -0.2) is 0 Å². The first-order valence-electron chi connectivity index (χ1n) is 17.3. The smallest absolute Gasteiger partial charge is 0.0547 e. The second-order valence-electron chi connectivity index (χ2n) is 13.3. The highest BCUT2D eigenvalue weighted by molar-refractivity contribution is 6.23. The predicted octanol–water partition coefficient (Wildman–Crippen LogP) is 13.0. The van der Waals surface area contributed by atoms with Crippen molar-refractivity contribution in [2.45, 2.75) is 0 Å². The van der Waals surface area contributed by atoms with Crippen molar-refractivity contribution in [2.24, 2.45) is 0 Å². The maximum absolute atomic E-state index is 2.47. The lowest BCUT2D eigenvalue weighted by Gasteiger charge is -2.16. The van der Waals surface area contributed by atoms with E-state index in [1.165, 1.54) is 98.4 Å². The van der Waals surface area contributed by atoms with Gasteiger partial charge in [0.2, 0.25) is 0 Å². The topological polar surface area (TPSA) is 9.86 Å². The molecule has 0 atom stereocenters. The molecule has 0 saturated heterocycles. The van der Waals surface area contributed by atoms with E-state index in [9.17, 15) is 0 Å². The molecular formula is C48H30N2. The number of hydrogen-bond donors (Lipinski definition) is 0. The molecule has 0 bridgehead atoms. The van der Waals surface area contributed by atoms with Gasteiger partial charge in [0.15, 0.2) is 0 Å². The molecule has 0 amide bonds. The predicted molar refractivity (Wildman–Crippen MR) is 213 cm³/mol. The second kappa shape index (κ2) is 10.4. The Balaban J connectivity index is 1.16. The minimum absolute atomic E-state index is 1.17. The van der Waals surface area contributed by atoms with Crippen LogP contribution in [0.5, 0.6) is 0 Å². The van der Waals surface area contributed by atoms with Crippen LogP contribution in [0, 0.1) is 0 Å². The highest BCUT2D eigenvalue weighted by Gasteiger charge is 2.18. The van der Waals surface area contributed by atoms with Crippen molar-refractivity contribution in [1.82, 2.24) is 9.13 Å². The number of aromatic nitrogens is 2. The third kappa shape index (κ3) is 3.85. The largest absolute Gasteiger partial charge is 0.309 e. The quantitative estimate of drug-likeness (QED) is 0.171. The summed E-state index contributed by atoms with van der Waals surface area (Å²) in [5.41, 5.74) is 9.65. The summed E-state index contributed by atoms with van der Waals surface area (Å²) < 4.78 is 4.87. The lowest BCUT2D eigenvalue weighted by Crippen LogP contribution is -1.96. The van der Waals surface area contributed by atoms with Crippen LogP contribution in [0.15, 0.2) is 182 Å². The van der Waals surface area contributed by atoms with Crippen LogP contribution < -0.4 is 0 Å². The number of benzene rings is 9. The zero-order valence-electron chi connectivity index (χ0n) is 27.2. The second-order valence-corrected chi connectivity index (χ2v) is 13.3. The highest BCUT2D eigenvalue weighted by Crippen LogP contribution is 2.41. The van der Waals surface area contributed by atoms with E-state index in [2.05, 4.69) is 191 Å². The molecule has 0 aliphatic rings. The van der Waals surface area contributed by atoms with Gasteiger partial charge in [-0.15, -0.1) is 0 Å². The summed E-state index contributed by atoms with van der Waals surface area (Å²) in [6.07, 6.45) is 0. The average Bonchev–Trinajstić information content (AvgIpc) is 3.70. The molecular weight excluding hydrogens is 605 g/mol. The van der Waals surface area contributed by atoms with Crippen LogP contribution >= 0.6 is 0 Å². The van der Waals surface area contributed by atoms with Crippen molar-refractivity contribution in [3.8, 4) is 22.5 Å². The van der Waals surface area contributed by atoms with Gasteiger partial charge in [-0.1, -0.05) is 133 Å².